The maximum Gasteiger partial charge on any atom is 0.276 e. The summed E-state index contributed by atoms with van der Waals surface area (Å²) in [5.41, 5.74) is 0.249. The van der Waals surface area contributed by atoms with E-state index in [0.29, 0.717) is 29.5 Å². The number of carbonyl (C=O) groups excluding carboxylic acids is 1. The normalized spacial score (nSPS) is 11.7. The highest BCUT2D eigenvalue weighted by Gasteiger charge is 2.21. The number of carbonyl (C=O) groups is 1. The Morgan fingerprint density at radius 3 is 2.21 bits per heavy atom. The van der Waals surface area contributed by atoms with Crippen molar-refractivity contribution in [2.24, 2.45) is 7.05 Å². The molecule has 0 saturated carbocycles. The molecular weight excluding hydrogens is 392 g/mol. The maximum absolute atomic E-state index is 12.8. The van der Waals surface area contributed by atoms with Crippen molar-refractivity contribution in [2.45, 2.75) is 18.7 Å². The van der Waals surface area contributed by atoms with E-state index in [9.17, 15) is 18.0 Å². The molecule has 152 valence electrons. The van der Waals surface area contributed by atoms with Crippen molar-refractivity contribution >= 4 is 32.4 Å². The zero-order valence-electron chi connectivity index (χ0n) is 16.4. The lowest BCUT2D eigenvalue weighted by Crippen LogP contribution is -2.30. The number of amides is 1. The molecule has 9 heteroatoms. The average Bonchev–Trinajstić information content (AvgIpc) is 2.71. The van der Waals surface area contributed by atoms with Crippen LogP contribution in [0, 0.1) is 0 Å². The van der Waals surface area contributed by atoms with Crippen LogP contribution in [0.3, 0.4) is 0 Å². The van der Waals surface area contributed by atoms with Crippen molar-refractivity contribution in [2.75, 3.05) is 18.4 Å². The second-order valence-electron chi connectivity index (χ2n) is 6.39. The van der Waals surface area contributed by atoms with Crippen molar-refractivity contribution < 1.29 is 13.2 Å². The van der Waals surface area contributed by atoms with E-state index in [1.54, 1.807) is 38.1 Å². The van der Waals surface area contributed by atoms with Crippen molar-refractivity contribution in [3.63, 3.8) is 0 Å². The molecule has 29 heavy (non-hydrogen) atoms. The first kappa shape index (κ1) is 20.7. The first-order valence-corrected chi connectivity index (χ1v) is 10.6. The molecule has 0 spiro atoms. The van der Waals surface area contributed by atoms with Gasteiger partial charge >= 0.3 is 0 Å². The monoisotopic (exact) mass is 414 g/mol. The van der Waals surface area contributed by atoms with Gasteiger partial charge in [0, 0.05) is 31.2 Å². The molecule has 0 unspecified atom stereocenters. The molecule has 0 fully saturated rings. The number of rotatable bonds is 6. The fourth-order valence-electron chi connectivity index (χ4n) is 3.08. The molecule has 0 radical (unpaired) electrons. The van der Waals surface area contributed by atoms with Gasteiger partial charge in [-0.05, 0) is 30.3 Å². The predicted molar refractivity (Wildman–Crippen MR) is 111 cm³/mol. The minimum atomic E-state index is -3.57. The van der Waals surface area contributed by atoms with Crippen molar-refractivity contribution in [1.82, 2.24) is 14.1 Å². The van der Waals surface area contributed by atoms with E-state index in [4.69, 9.17) is 0 Å². The molecule has 0 bridgehead atoms. The Bertz CT molecular complexity index is 1210. The number of sulfonamides is 1. The number of benzene rings is 2. The fourth-order valence-corrected chi connectivity index (χ4v) is 4.54. The molecule has 1 heterocycles. The number of hydrogen-bond acceptors (Lipinski definition) is 5. The second kappa shape index (κ2) is 8.14. The van der Waals surface area contributed by atoms with Gasteiger partial charge in [-0.25, -0.2) is 13.1 Å². The third kappa shape index (κ3) is 3.92. The molecule has 0 aliphatic carbocycles. The SMILES string of the molecule is CCN(CC)S(=O)(=O)c1ccc(NC(=O)c2nn(C)c(=O)c3ccccc23)cc1. The Hall–Kier alpha value is -3.04. The standard InChI is InChI=1S/C20H22N4O4S/c1-4-24(5-2)29(27,28)15-12-10-14(11-13-15)21-19(25)18-16-8-6-7-9-17(16)20(26)23(3)22-18/h6-13H,4-5H2,1-3H3,(H,21,25). The summed E-state index contributed by atoms with van der Waals surface area (Å²) in [7, 11) is -2.08. The number of fused-ring (bicyclic) bond motifs is 1. The molecule has 1 N–H and O–H groups in total. The minimum absolute atomic E-state index is 0.113. The Morgan fingerprint density at radius 1 is 1.03 bits per heavy atom. The molecule has 0 saturated heterocycles. The van der Waals surface area contributed by atoms with Crippen LogP contribution >= 0.6 is 0 Å². The number of hydrogen-bond donors (Lipinski definition) is 1. The minimum Gasteiger partial charge on any atom is -0.321 e. The van der Waals surface area contributed by atoms with Crippen LogP contribution in [0.25, 0.3) is 10.8 Å². The molecule has 0 aliphatic rings. The highest BCUT2D eigenvalue weighted by Crippen LogP contribution is 2.20. The quantitative estimate of drug-likeness (QED) is 0.666. The second-order valence-corrected chi connectivity index (χ2v) is 8.33. The van der Waals surface area contributed by atoms with Gasteiger partial charge in [-0.1, -0.05) is 32.0 Å². The lowest BCUT2D eigenvalue weighted by atomic mass is 10.1. The lowest BCUT2D eigenvalue weighted by Gasteiger charge is -2.18. The summed E-state index contributed by atoms with van der Waals surface area (Å²) < 4.78 is 27.6. The van der Waals surface area contributed by atoms with Crippen LogP contribution < -0.4 is 10.9 Å². The fraction of sp³-hybridized carbons (Fsp3) is 0.250. The van der Waals surface area contributed by atoms with Gasteiger partial charge in [-0.15, -0.1) is 0 Å². The molecule has 3 aromatic rings. The molecule has 1 aromatic heterocycles. The van der Waals surface area contributed by atoms with Gasteiger partial charge in [-0.2, -0.15) is 9.40 Å². The van der Waals surface area contributed by atoms with Crippen LogP contribution in [0.2, 0.25) is 0 Å². The van der Waals surface area contributed by atoms with Gasteiger partial charge in [0.2, 0.25) is 10.0 Å². The molecule has 0 aliphatic heterocycles. The Labute approximate surface area is 168 Å². The van der Waals surface area contributed by atoms with E-state index >= 15 is 0 Å². The van der Waals surface area contributed by atoms with E-state index in [0.717, 1.165) is 4.68 Å². The van der Waals surface area contributed by atoms with E-state index in [-0.39, 0.29) is 16.1 Å². The van der Waals surface area contributed by atoms with Gasteiger partial charge < -0.3 is 5.32 Å². The third-order valence-electron chi connectivity index (χ3n) is 4.63. The number of nitrogens with zero attached hydrogens (tertiary/aromatic N) is 3. The van der Waals surface area contributed by atoms with Crippen LogP contribution in [0.1, 0.15) is 24.3 Å². The number of aryl methyl sites for hydroxylation is 1. The summed E-state index contributed by atoms with van der Waals surface area (Å²) in [5, 5.41) is 7.65. The highest BCUT2D eigenvalue weighted by molar-refractivity contribution is 7.89. The molecule has 0 atom stereocenters. The predicted octanol–water partition coefficient (Wildman–Crippen LogP) is 2.22. The highest BCUT2D eigenvalue weighted by atomic mass is 32.2. The van der Waals surface area contributed by atoms with Crippen LogP contribution in [0.5, 0.6) is 0 Å². The van der Waals surface area contributed by atoms with E-state index in [1.165, 1.54) is 35.6 Å². The third-order valence-corrected chi connectivity index (χ3v) is 6.69. The van der Waals surface area contributed by atoms with Crippen LogP contribution in [-0.4, -0.2) is 41.5 Å². The van der Waals surface area contributed by atoms with E-state index in [2.05, 4.69) is 10.4 Å². The number of anilines is 1. The maximum atomic E-state index is 12.8. The Balaban J connectivity index is 1.90. The zero-order valence-corrected chi connectivity index (χ0v) is 17.2. The number of nitrogens with one attached hydrogen (secondary N) is 1. The first-order valence-electron chi connectivity index (χ1n) is 9.17. The first-order chi connectivity index (χ1) is 13.8. The summed E-state index contributed by atoms with van der Waals surface area (Å²) in [6.07, 6.45) is 0. The van der Waals surface area contributed by atoms with Gasteiger partial charge in [-0.3, -0.25) is 9.59 Å². The topological polar surface area (TPSA) is 101 Å². The molecular formula is C20H22N4O4S. The molecule has 3 rings (SSSR count). The lowest BCUT2D eigenvalue weighted by molar-refractivity contribution is 0.102. The summed E-state index contributed by atoms with van der Waals surface area (Å²) >= 11 is 0. The summed E-state index contributed by atoms with van der Waals surface area (Å²) in [6.45, 7) is 4.31. The Kier molecular flexibility index (Phi) is 5.81. The van der Waals surface area contributed by atoms with Gasteiger partial charge in [0.05, 0.1) is 10.3 Å². The average molecular weight is 414 g/mol. The molecule has 2 aromatic carbocycles. The van der Waals surface area contributed by atoms with Crippen LogP contribution in [0.15, 0.2) is 58.2 Å². The summed E-state index contributed by atoms with van der Waals surface area (Å²) in [5.74, 6) is -0.490. The Morgan fingerprint density at radius 2 is 1.62 bits per heavy atom. The van der Waals surface area contributed by atoms with E-state index in [1.807, 2.05) is 0 Å². The number of aromatic nitrogens is 2. The van der Waals surface area contributed by atoms with Crippen molar-refractivity contribution in [3.8, 4) is 0 Å². The smallest absolute Gasteiger partial charge is 0.276 e. The van der Waals surface area contributed by atoms with Crippen molar-refractivity contribution in [1.29, 1.82) is 0 Å². The van der Waals surface area contributed by atoms with Gasteiger partial charge in [0.25, 0.3) is 11.5 Å². The van der Waals surface area contributed by atoms with E-state index < -0.39 is 15.9 Å². The molecule has 1 amide bonds. The van der Waals surface area contributed by atoms with Gasteiger partial charge in [0.1, 0.15) is 0 Å². The van der Waals surface area contributed by atoms with Gasteiger partial charge in [0.15, 0.2) is 5.69 Å². The zero-order chi connectivity index (χ0) is 21.2. The van der Waals surface area contributed by atoms with Crippen LogP contribution in [-0.2, 0) is 17.1 Å². The van der Waals surface area contributed by atoms with Crippen LogP contribution in [0.4, 0.5) is 5.69 Å². The summed E-state index contributed by atoms with van der Waals surface area (Å²) in [6, 6.07) is 12.7. The van der Waals surface area contributed by atoms with Crippen molar-refractivity contribution in [3.05, 3.63) is 64.6 Å². The molecule has 8 nitrogen and oxygen atoms in total. The largest absolute Gasteiger partial charge is 0.321 e. The summed E-state index contributed by atoms with van der Waals surface area (Å²) in [4.78, 5) is 25.1.